The van der Waals surface area contributed by atoms with Crippen LogP contribution in [0.4, 0.5) is 5.69 Å². The predicted octanol–water partition coefficient (Wildman–Crippen LogP) is 3.18. The molecule has 0 spiro atoms. The van der Waals surface area contributed by atoms with Crippen LogP contribution >= 0.6 is 0 Å². The molecule has 0 aliphatic heterocycles. The lowest BCUT2D eigenvalue weighted by Gasteiger charge is -2.25. The highest BCUT2D eigenvalue weighted by Gasteiger charge is 2.35. The Hall–Kier alpha value is -2.69. The second kappa shape index (κ2) is 5.75. The highest BCUT2D eigenvalue weighted by atomic mass is 16.6. The Morgan fingerprint density at radius 2 is 1.71 bits per heavy atom. The van der Waals surface area contributed by atoms with Gasteiger partial charge in [0.2, 0.25) is 0 Å². The molecule has 0 fully saturated rings. The van der Waals surface area contributed by atoms with E-state index < -0.39 is 16.3 Å². The van der Waals surface area contributed by atoms with Gasteiger partial charge in [-0.1, -0.05) is 42.5 Å². The molecule has 0 saturated carbocycles. The van der Waals surface area contributed by atoms with Gasteiger partial charge in [-0.15, -0.1) is 0 Å². The maximum atomic E-state index is 11.7. The number of rotatable bonds is 5. The zero-order chi connectivity index (χ0) is 15.5. The molecule has 1 unspecified atom stereocenters. The molecule has 0 saturated heterocycles. The van der Waals surface area contributed by atoms with Crippen LogP contribution < -0.4 is 0 Å². The summed E-state index contributed by atoms with van der Waals surface area (Å²) in [7, 11) is 0. The molecular formula is C16H15NO4. The van der Waals surface area contributed by atoms with E-state index in [2.05, 4.69) is 0 Å². The number of nitro benzene ring substituents is 1. The summed E-state index contributed by atoms with van der Waals surface area (Å²) in [6.07, 6.45) is 0.320. The number of hydrogen-bond acceptors (Lipinski definition) is 3. The Labute approximate surface area is 122 Å². The van der Waals surface area contributed by atoms with Crippen LogP contribution in [0.15, 0.2) is 54.6 Å². The fourth-order valence-corrected chi connectivity index (χ4v) is 2.26. The lowest BCUT2D eigenvalue weighted by Crippen LogP contribution is -2.34. The predicted molar refractivity (Wildman–Crippen MR) is 78.2 cm³/mol. The highest BCUT2D eigenvalue weighted by Crippen LogP contribution is 2.30. The zero-order valence-electron chi connectivity index (χ0n) is 11.5. The molecule has 5 heteroatoms. The Bertz CT molecular complexity index is 652. The molecule has 108 valence electrons. The van der Waals surface area contributed by atoms with Crippen LogP contribution in [-0.4, -0.2) is 16.0 Å². The fourth-order valence-electron chi connectivity index (χ4n) is 2.26. The van der Waals surface area contributed by atoms with Crippen LogP contribution in [0.25, 0.3) is 0 Å². The molecule has 0 radical (unpaired) electrons. The lowest BCUT2D eigenvalue weighted by molar-refractivity contribution is -0.384. The molecule has 2 aromatic carbocycles. The van der Waals surface area contributed by atoms with Crippen LogP contribution in [0.3, 0.4) is 0 Å². The van der Waals surface area contributed by atoms with Crippen molar-refractivity contribution < 1.29 is 14.8 Å². The summed E-state index contributed by atoms with van der Waals surface area (Å²) in [6.45, 7) is 1.63. The maximum absolute atomic E-state index is 11.7. The number of nitrogens with zero attached hydrogens (tertiary/aromatic N) is 1. The molecular weight excluding hydrogens is 270 g/mol. The fraction of sp³-hybridized carbons (Fsp3) is 0.188. The first-order chi connectivity index (χ1) is 9.93. The molecule has 0 amide bonds. The van der Waals surface area contributed by atoms with Crippen LogP contribution in [-0.2, 0) is 16.6 Å². The molecule has 2 rings (SSSR count). The van der Waals surface area contributed by atoms with Crippen molar-refractivity contribution in [3.63, 3.8) is 0 Å². The Balaban J connectivity index is 2.37. The average Bonchev–Trinajstić information content (AvgIpc) is 2.48. The summed E-state index contributed by atoms with van der Waals surface area (Å²) in [5.74, 6) is -0.958. The third-order valence-electron chi connectivity index (χ3n) is 3.59. The average molecular weight is 285 g/mol. The third kappa shape index (κ3) is 3.08. The SMILES string of the molecule is CC(Cc1ccccc1)(C(=O)O)c1ccc([N+](=O)[O-])cc1. The van der Waals surface area contributed by atoms with Gasteiger partial charge in [-0.2, -0.15) is 0 Å². The summed E-state index contributed by atoms with van der Waals surface area (Å²) in [5, 5.41) is 20.3. The molecule has 21 heavy (non-hydrogen) atoms. The number of carboxylic acids is 1. The van der Waals surface area contributed by atoms with Gasteiger partial charge in [0.1, 0.15) is 0 Å². The van der Waals surface area contributed by atoms with Gasteiger partial charge < -0.3 is 5.11 Å². The summed E-state index contributed by atoms with van der Waals surface area (Å²) < 4.78 is 0. The van der Waals surface area contributed by atoms with Gasteiger partial charge >= 0.3 is 5.97 Å². The Kier molecular flexibility index (Phi) is 4.03. The number of aliphatic carboxylic acids is 1. The summed E-state index contributed by atoms with van der Waals surface area (Å²) in [4.78, 5) is 21.9. The van der Waals surface area contributed by atoms with Crippen molar-refractivity contribution in [1.82, 2.24) is 0 Å². The number of hydrogen-bond donors (Lipinski definition) is 1. The summed E-state index contributed by atoms with van der Waals surface area (Å²) in [5.41, 5.74) is 0.271. The van der Waals surface area contributed by atoms with E-state index in [0.717, 1.165) is 5.56 Å². The summed E-state index contributed by atoms with van der Waals surface area (Å²) in [6, 6.07) is 15.0. The van der Waals surface area contributed by atoms with E-state index in [1.54, 1.807) is 6.92 Å². The number of non-ortho nitro benzene ring substituents is 1. The van der Waals surface area contributed by atoms with E-state index >= 15 is 0 Å². The minimum absolute atomic E-state index is 0.0498. The molecule has 0 bridgehead atoms. The standard InChI is InChI=1S/C16H15NO4/c1-16(15(18)19,11-12-5-3-2-4-6-12)13-7-9-14(10-8-13)17(20)21/h2-10H,11H2,1H3,(H,18,19). The zero-order valence-corrected chi connectivity index (χ0v) is 11.5. The number of nitro groups is 1. The molecule has 0 aliphatic rings. The van der Waals surface area contributed by atoms with Crippen molar-refractivity contribution in [2.45, 2.75) is 18.8 Å². The van der Waals surface area contributed by atoms with Crippen LogP contribution in [0.5, 0.6) is 0 Å². The van der Waals surface area contributed by atoms with Gasteiger partial charge in [0.05, 0.1) is 10.3 Å². The van der Waals surface area contributed by atoms with E-state index in [0.29, 0.717) is 12.0 Å². The van der Waals surface area contributed by atoms with Crippen molar-refractivity contribution in [3.8, 4) is 0 Å². The van der Waals surface area contributed by atoms with Gasteiger partial charge in [-0.05, 0) is 24.5 Å². The third-order valence-corrected chi connectivity index (χ3v) is 3.59. The van der Waals surface area contributed by atoms with Gasteiger partial charge in [0.25, 0.3) is 5.69 Å². The molecule has 0 aliphatic carbocycles. The normalized spacial score (nSPS) is 13.4. The van der Waals surface area contributed by atoms with E-state index in [-0.39, 0.29) is 5.69 Å². The van der Waals surface area contributed by atoms with Crippen LogP contribution in [0.1, 0.15) is 18.1 Å². The highest BCUT2D eigenvalue weighted by molar-refractivity contribution is 5.81. The lowest BCUT2D eigenvalue weighted by atomic mass is 9.77. The maximum Gasteiger partial charge on any atom is 0.314 e. The first kappa shape index (κ1) is 14.7. The Morgan fingerprint density at radius 1 is 1.14 bits per heavy atom. The molecule has 2 aromatic rings. The largest absolute Gasteiger partial charge is 0.481 e. The smallest absolute Gasteiger partial charge is 0.314 e. The van der Waals surface area contributed by atoms with Crippen molar-refractivity contribution in [2.75, 3.05) is 0 Å². The van der Waals surface area contributed by atoms with Crippen LogP contribution in [0, 0.1) is 10.1 Å². The molecule has 0 heterocycles. The number of carboxylic acid groups (broad SMARTS) is 1. The monoisotopic (exact) mass is 285 g/mol. The van der Waals surface area contributed by atoms with Crippen LogP contribution in [0.2, 0.25) is 0 Å². The second-order valence-corrected chi connectivity index (χ2v) is 5.10. The van der Waals surface area contributed by atoms with Crippen molar-refractivity contribution in [3.05, 3.63) is 75.8 Å². The molecule has 1 N–H and O–H groups in total. The summed E-state index contributed by atoms with van der Waals surface area (Å²) >= 11 is 0. The van der Waals surface area contributed by atoms with E-state index in [1.807, 2.05) is 30.3 Å². The molecule has 1 atom stereocenters. The van der Waals surface area contributed by atoms with E-state index in [9.17, 15) is 20.0 Å². The van der Waals surface area contributed by atoms with Crippen molar-refractivity contribution in [1.29, 1.82) is 0 Å². The molecule has 0 aromatic heterocycles. The van der Waals surface area contributed by atoms with E-state index in [1.165, 1.54) is 24.3 Å². The minimum Gasteiger partial charge on any atom is -0.481 e. The van der Waals surface area contributed by atoms with Gasteiger partial charge in [0.15, 0.2) is 0 Å². The molecule has 5 nitrogen and oxygen atoms in total. The van der Waals surface area contributed by atoms with Gasteiger partial charge in [-0.25, -0.2) is 0 Å². The first-order valence-corrected chi connectivity index (χ1v) is 6.46. The number of carbonyl (C=O) groups is 1. The van der Waals surface area contributed by atoms with Gasteiger partial charge in [0, 0.05) is 12.1 Å². The van der Waals surface area contributed by atoms with E-state index in [4.69, 9.17) is 0 Å². The minimum atomic E-state index is -1.13. The number of benzene rings is 2. The topological polar surface area (TPSA) is 80.4 Å². The quantitative estimate of drug-likeness (QED) is 0.675. The first-order valence-electron chi connectivity index (χ1n) is 6.46. The van der Waals surface area contributed by atoms with Crippen molar-refractivity contribution >= 4 is 11.7 Å². The second-order valence-electron chi connectivity index (χ2n) is 5.10. The van der Waals surface area contributed by atoms with Crippen molar-refractivity contribution in [2.24, 2.45) is 0 Å². The van der Waals surface area contributed by atoms with Gasteiger partial charge in [-0.3, -0.25) is 14.9 Å². The Morgan fingerprint density at radius 3 is 2.19 bits per heavy atom.